The van der Waals surface area contributed by atoms with E-state index in [4.69, 9.17) is 15.0 Å². The summed E-state index contributed by atoms with van der Waals surface area (Å²) in [4.78, 5) is 16.1. The highest BCUT2D eigenvalue weighted by molar-refractivity contribution is 6.29. The number of rotatable bonds is 6. The average molecular weight is 805 g/mol. The lowest BCUT2D eigenvalue weighted by molar-refractivity contribution is 0.955. The van der Waals surface area contributed by atoms with Crippen LogP contribution in [0, 0.1) is 0 Å². The summed E-state index contributed by atoms with van der Waals surface area (Å²) >= 11 is 0. The van der Waals surface area contributed by atoms with Gasteiger partial charge in [0.05, 0.1) is 38.8 Å². The van der Waals surface area contributed by atoms with Gasteiger partial charge in [-0.05, 0) is 59.7 Å². The quantitative estimate of drug-likeness (QED) is 0.168. The molecule has 0 aliphatic carbocycles. The Kier molecular flexibility index (Phi) is 7.80. The molecule has 0 spiro atoms. The number of hydrogen-bond acceptors (Lipinski definition) is 3. The molecule has 0 aliphatic rings. The Morgan fingerprint density at radius 2 is 0.746 bits per heavy atom. The Balaban J connectivity index is 1.22. The van der Waals surface area contributed by atoms with E-state index in [9.17, 15) is 0 Å². The van der Waals surface area contributed by atoms with E-state index in [1.807, 2.05) is 24.3 Å². The third-order valence-electron chi connectivity index (χ3n) is 12.5. The molecule has 0 amide bonds. The van der Waals surface area contributed by atoms with Gasteiger partial charge in [0, 0.05) is 49.1 Å². The fourth-order valence-electron chi connectivity index (χ4n) is 9.78. The van der Waals surface area contributed by atoms with Gasteiger partial charge in [-0.1, -0.05) is 170 Å². The highest BCUT2D eigenvalue weighted by Gasteiger charge is 2.27. The van der Waals surface area contributed by atoms with Gasteiger partial charge in [0.2, 0.25) is 5.95 Å². The van der Waals surface area contributed by atoms with Gasteiger partial charge >= 0.3 is 0 Å². The first-order valence-electron chi connectivity index (χ1n) is 21.3. The van der Waals surface area contributed by atoms with Gasteiger partial charge in [0.1, 0.15) is 0 Å². The zero-order chi connectivity index (χ0) is 41.4. The van der Waals surface area contributed by atoms with Crippen LogP contribution in [0.15, 0.2) is 218 Å². The van der Waals surface area contributed by atoms with Crippen molar-refractivity contribution in [3.8, 4) is 51.2 Å². The fraction of sp³-hybridized carbons (Fsp3) is 0. The molecular weight excluding hydrogens is 769 g/mol. The number of benzene rings is 9. The van der Waals surface area contributed by atoms with Crippen molar-refractivity contribution in [3.63, 3.8) is 0 Å². The first-order chi connectivity index (χ1) is 31.3. The molecule has 9 aromatic carbocycles. The highest BCUT2D eigenvalue weighted by atomic mass is 15.2. The van der Waals surface area contributed by atoms with Crippen molar-refractivity contribution in [1.82, 2.24) is 28.7 Å². The molecule has 0 bridgehead atoms. The van der Waals surface area contributed by atoms with Crippen LogP contribution in [0.4, 0.5) is 0 Å². The van der Waals surface area contributed by atoms with E-state index in [1.54, 1.807) is 0 Å². The minimum absolute atomic E-state index is 0.549. The van der Waals surface area contributed by atoms with Crippen molar-refractivity contribution in [2.24, 2.45) is 0 Å². The summed E-state index contributed by atoms with van der Waals surface area (Å²) < 4.78 is 7.16. The van der Waals surface area contributed by atoms with Gasteiger partial charge in [-0.15, -0.1) is 0 Å². The van der Waals surface area contributed by atoms with Crippen LogP contribution in [-0.2, 0) is 0 Å². The summed E-state index contributed by atoms with van der Waals surface area (Å²) in [6.07, 6.45) is 0. The second-order valence-electron chi connectivity index (χ2n) is 16.0. The number of hydrogen-bond donors (Lipinski definition) is 0. The monoisotopic (exact) mass is 804 g/mol. The molecule has 0 aliphatic heterocycles. The van der Waals surface area contributed by atoms with E-state index < -0.39 is 0 Å². The van der Waals surface area contributed by atoms with Gasteiger partial charge in [-0.3, -0.25) is 4.57 Å². The molecule has 4 heterocycles. The molecular formula is C57H36N6. The molecule has 0 saturated heterocycles. The summed E-state index contributed by atoms with van der Waals surface area (Å²) in [5.41, 5.74) is 12.8. The smallest absolute Gasteiger partial charge is 0.238 e. The number of aromatic nitrogens is 6. The molecule has 294 valence electrons. The van der Waals surface area contributed by atoms with Gasteiger partial charge in [0.25, 0.3) is 0 Å². The maximum atomic E-state index is 5.48. The van der Waals surface area contributed by atoms with E-state index >= 15 is 0 Å². The maximum Gasteiger partial charge on any atom is 0.238 e. The minimum atomic E-state index is 0.549. The van der Waals surface area contributed by atoms with Crippen molar-refractivity contribution in [1.29, 1.82) is 0 Å². The maximum absolute atomic E-state index is 5.48. The van der Waals surface area contributed by atoms with Crippen LogP contribution in [0.1, 0.15) is 0 Å². The lowest BCUT2D eigenvalue weighted by Gasteiger charge is -2.15. The molecule has 0 saturated carbocycles. The highest BCUT2D eigenvalue weighted by Crippen LogP contribution is 2.46. The van der Waals surface area contributed by atoms with Crippen molar-refractivity contribution in [3.05, 3.63) is 218 Å². The lowest BCUT2D eigenvalue weighted by Crippen LogP contribution is -2.07. The van der Waals surface area contributed by atoms with Gasteiger partial charge < -0.3 is 9.13 Å². The normalized spacial score (nSPS) is 11.8. The zero-order valence-electron chi connectivity index (χ0n) is 34.0. The van der Waals surface area contributed by atoms with Crippen LogP contribution in [0.25, 0.3) is 117 Å². The fourth-order valence-corrected chi connectivity index (χ4v) is 9.78. The summed E-state index contributed by atoms with van der Waals surface area (Å²) in [5, 5.41) is 6.92. The van der Waals surface area contributed by atoms with Crippen LogP contribution in [-0.4, -0.2) is 28.7 Å². The Hall–Kier alpha value is -8.61. The molecule has 4 aromatic heterocycles. The second-order valence-corrected chi connectivity index (χ2v) is 16.0. The first-order valence-corrected chi connectivity index (χ1v) is 21.3. The molecule has 0 N–H and O–H groups in total. The zero-order valence-corrected chi connectivity index (χ0v) is 34.0. The summed E-state index contributed by atoms with van der Waals surface area (Å²) in [5.74, 6) is 1.75. The molecule has 13 rings (SSSR count). The van der Waals surface area contributed by atoms with Crippen molar-refractivity contribution in [2.75, 3.05) is 0 Å². The van der Waals surface area contributed by atoms with Gasteiger partial charge in [-0.2, -0.15) is 9.97 Å². The van der Waals surface area contributed by atoms with Crippen LogP contribution in [0.3, 0.4) is 0 Å². The van der Waals surface area contributed by atoms with Crippen molar-refractivity contribution in [2.45, 2.75) is 0 Å². The molecule has 6 nitrogen and oxygen atoms in total. The largest absolute Gasteiger partial charge is 0.309 e. The van der Waals surface area contributed by atoms with Crippen LogP contribution >= 0.6 is 0 Å². The van der Waals surface area contributed by atoms with E-state index in [2.05, 4.69) is 208 Å². The number of nitrogens with zero attached hydrogens (tertiary/aromatic N) is 6. The molecule has 13 aromatic rings. The SMILES string of the molecule is c1ccc(-c2cccc(-c3nc(-c4ccccc4)nc(-n4c5ccccc5c5c(-n6c7ccccc7c7ccccc76)cc6c(c7ccccc7n6-c6ccccc6)c54)n3)c2)cc1. The molecule has 6 heteroatoms. The molecule has 0 fully saturated rings. The average Bonchev–Trinajstić information content (AvgIpc) is 4.00. The standard InChI is InChI=1S/C57H36N6/c1-4-19-37(20-5-1)39-23-18-24-40(35-39)56-58-55(38-21-6-2-7-22-38)59-57(60-56)63-49-34-17-13-30-45(49)53-51(62-46-31-14-10-27-42(46)43-28-11-15-32-47(43)62)36-50-52(54(53)63)44-29-12-16-33-48(44)61(50)41-25-8-3-9-26-41/h1-36H. The predicted molar refractivity (Wildman–Crippen MR) is 259 cm³/mol. The predicted octanol–water partition coefficient (Wildman–Crippen LogP) is 14.2. The molecule has 0 atom stereocenters. The summed E-state index contributed by atoms with van der Waals surface area (Å²) in [6.45, 7) is 0. The third kappa shape index (κ3) is 5.41. The van der Waals surface area contributed by atoms with E-state index in [1.165, 1.54) is 10.8 Å². The molecule has 0 unspecified atom stereocenters. The van der Waals surface area contributed by atoms with E-state index in [0.29, 0.717) is 17.6 Å². The van der Waals surface area contributed by atoms with Crippen molar-refractivity contribution >= 4 is 65.4 Å². The Morgan fingerprint density at radius 3 is 1.38 bits per heavy atom. The first kappa shape index (κ1) is 35.2. The van der Waals surface area contributed by atoms with Crippen LogP contribution in [0.5, 0.6) is 0 Å². The Bertz CT molecular complexity index is 3850. The van der Waals surface area contributed by atoms with Crippen LogP contribution < -0.4 is 0 Å². The van der Waals surface area contributed by atoms with Gasteiger partial charge in [-0.25, -0.2) is 4.98 Å². The molecule has 0 radical (unpaired) electrons. The summed E-state index contributed by atoms with van der Waals surface area (Å²) in [7, 11) is 0. The minimum Gasteiger partial charge on any atom is -0.309 e. The third-order valence-corrected chi connectivity index (χ3v) is 12.5. The topological polar surface area (TPSA) is 53.5 Å². The number of para-hydroxylation sites is 5. The summed E-state index contributed by atoms with van der Waals surface area (Å²) in [6, 6.07) is 77.3. The van der Waals surface area contributed by atoms with E-state index in [-0.39, 0.29) is 0 Å². The Labute approximate surface area is 362 Å². The van der Waals surface area contributed by atoms with Gasteiger partial charge in [0.15, 0.2) is 11.6 Å². The van der Waals surface area contributed by atoms with E-state index in [0.717, 1.165) is 88.3 Å². The van der Waals surface area contributed by atoms with Crippen molar-refractivity contribution < 1.29 is 0 Å². The Morgan fingerprint density at radius 1 is 0.286 bits per heavy atom. The lowest BCUT2D eigenvalue weighted by atomic mass is 10.0. The van der Waals surface area contributed by atoms with Crippen LogP contribution in [0.2, 0.25) is 0 Å². The molecule has 63 heavy (non-hydrogen) atoms. The number of fused-ring (bicyclic) bond motifs is 10. The second kappa shape index (κ2) is 14.0.